The summed E-state index contributed by atoms with van der Waals surface area (Å²) in [5.74, 6) is -1.55. The zero-order chi connectivity index (χ0) is 9.84. The molecule has 0 aromatic carbocycles. The van der Waals surface area contributed by atoms with Crippen molar-refractivity contribution in [2.24, 2.45) is 5.92 Å². The van der Waals surface area contributed by atoms with Crippen LogP contribution in [0.2, 0.25) is 0 Å². The highest BCUT2D eigenvalue weighted by Gasteiger charge is 2.17. The summed E-state index contributed by atoms with van der Waals surface area (Å²) in [5, 5.41) is 8.47. The van der Waals surface area contributed by atoms with E-state index in [1.807, 2.05) is 0 Å². The lowest BCUT2D eigenvalue weighted by atomic mass is 9.98. The minimum Gasteiger partial charge on any atom is -0.481 e. The third-order valence-corrected chi connectivity index (χ3v) is 1.81. The van der Waals surface area contributed by atoms with Crippen LogP contribution in [-0.2, 0) is 4.79 Å². The SMILES string of the molecule is CC(CC(=O)O)C(=O)c1cc[nH]c1. The molecule has 2 N–H and O–H groups in total. The van der Waals surface area contributed by atoms with Crippen LogP contribution >= 0.6 is 0 Å². The van der Waals surface area contributed by atoms with Gasteiger partial charge in [-0.25, -0.2) is 0 Å². The second-order valence-corrected chi connectivity index (χ2v) is 2.96. The van der Waals surface area contributed by atoms with Gasteiger partial charge in [-0.15, -0.1) is 0 Å². The van der Waals surface area contributed by atoms with Crippen LogP contribution in [0.5, 0.6) is 0 Å². The van der Waals surface area contributed by atoms with Gasteiger partial charge in [-0.1, -0.05) is 6.92 Å². The van der Waals surface area contributed by atoms with Crippen LogP contribution in [0.4, 0.5) is 0 Å². The molecule has 4 nitrogen and oxygen atoms in total. The van der Waals surface area contributed by atoms with Gasteiger partial charge in [-0.3, -0.25) is 9.59 Å². The van der Waals surface area contributed by atoms with Gasteiger partial charge in [-0.2, -0.15) is 0 Å². The summed E-state index contributed by atoms with van der Waals surface area (Å²) in [6.07, 6.45) is 3.09. The van der Waals surface area contributed by atoms with Gasteiger partial charge in [0.05, 0.1) is 6.42 Å². The van der Waals surface area contributed by atoms with E-state index < -0.39 is 11.9 Å². The van der Waals surface area contributed by atoms with Crippen LogP contribution in [0.1, 0.15) is 23.7 Å². The number of carboxylic acids is 1. The number of rotatable bonds is 4. The van der Waals surface area contributed by atoms with E-state index in [0.717, 1.165) is 0 Å². The Morgan fingerprint density at radius 2 is 2.31 bits per heavy atom. The first kappa shape index (κ1) is 9.51. The van der Waals surface area contributed by atoms with Crippen molar-refractivity contribution in [3.05, 3.63) is 24.0 Å². The van der Waals surface area contributed by atoms with Gasteiger partial charge >= 0.3 is 5.97 Å². The number of hydrogen-bond acceptors (Lipinski definition) is 2. The zero-order valence-electron chi connectivity index (χ0n) is 7.28. The number of H-pyrrole nitrogens is 1. The monoisotopic (exact) mass is 181 g/mol. The topological polar surface area (TPSA) is 70.2 Å². The highest BCUT2D eigenvalue weighted by Crippen LogP contribution is 2.11. The predicted molar refractivity (Wildman–Crippen MR) is 46.5 cm³/mol. The Morgan fingerprint density at radius 1 is 1.62 bits per heavy atom. The first-order valence-corrected chi connectivity index (χ1v) is 4.00. The van der Waals surface area contributed by atoms with Crippen molar-refractivity contribution < 1.29 is 14.7 Å². The molecule has 1 atom stereocenters. The van der Waals surface area contributed by atoms with Crippen LogP contribution in [-0.4, -0.2) is 21.8 Å². The lowest BCUT2D eigenvalue weighted by Crippen LogP contribution is -2.14. The minimum absolute atomic E-state index is 0.121. The molecule has 13 heavy (non-hydrogen) atoms. The van der Waals surface area contributed by atoms with E-state index in [9.17, 15) is 9.59 Å². The number of Topliss-reactive ketones (excluding diaryl/α,β-unsaturated/α-hetero) is 1. The van der Waals surface area contributed by atoms with Crippen LogP contribution < -0.4 is 0 Å². The number of carbonyl (C=O) groups is 2. The number of aromatic amines is 1. The molecule has 0 fully saturated rings. The number of aromatic nitrogens is 1. The van der Waals surface area contributed by atoms with E-state index in [1.165, 1.54) is 0 Å². The summed E-state index contributed by atoms with van der Waals surface area (Å²) in [6.45, 7) is 1.61. The first-order valence-electron chi connectivity index (χ1n) is 4.00. The zero-order valence-corrected chi connectivity index (χ0v) is 7.28. The van der Waals surface area contributed by atoms with E-state index in [0.29, 0.717) is 5.56 Å². The molecule has 0 aliphatic rings. The maximum Gasteiger partial charge on any atom is 0.304 e. The van der Waals surface area contributed by atoms with Crippen molar-refractivity contribution in [1.82, 2.24) is 4.98 Å². The highest BCUT2D eigenvalue weighted by atomic mass is 16.4. The van der Waals surface area contributed by atoms with Gasteiger partial charge in [0.15, 0.2) is 5.78 Å². The Bertz CT molecular complexity index is 303. The van der Waals surface area contributed by atoms with Crippen molar-refractivity contribution in [2.75, 3.05) is 0 Å². The third kappa shape index (κ3) is 2.43. The molecule has 1 unspecified atom stereocenters. The maximum absolute atomic E-state index is 11.5. The molecule has 0 saturated carbocycles. The molecule has 0 amide bonds. The summed E-state index contributed by atoms with van der Waals surface area (Å²) in [7, 11) is 0. The molecule has 1 aromatic rings. The van der Waals surface area contributed by atoms with Crippen molar-refractivity contribution in [3.8, 4) is 0 Å². The Kier molecular flexibility index (Phi) is 2.84. The Labute approximate surface area is 75.6 Å². The normalized spacial score (nSPS) is 12.4. The second kappa shape index (κ2) is 3.89. The fourth-order valence-corrected chi connectivity index (χ4v) is 1.12. The largest absolute Gasteiger partial charge is 0.481 e. The molecule has 1 rings (SSSR count). The van der Waals surface area contributed by atoms with Crippen LogP contribution in [0.25, 0.3) is 0 Å². The molecule has 70 valence electrons. The van der Waals surface area contributed by atoms with Crippen molar-refractivity contribution in [3.63, 3.8) is 0 Å². The summed E-state index contributed by atoms with van der Waals surface area (Å²) in [5.41, 5.74) is 0.536. The molecule has 4 heteroatoms. The Hall–Kier alpha value is -1.58. The Balaban J connectivity index is 2.63. The quantitative estimate of drug-likeness (QED) is 0.688. The number of carboxylic acid groups (broad SMARTS) is 1. The smallest absolute Gasteiger partial charge is 0.304 e. The molecule has 0 radical (unpaired) electrons. The number of hydrogen-bond donors (Lipinski definition) is 2. The highest BCUT2D eigenvalue weighted by molar-refractivity contribution is 5.98. The fourth-order valence-electron chi connectivity index (χ4n) is 1.12. The summed E-state index contributed by atoms with van der Waals surface area (Å²) < 4.78 is 0. The number of nitrogens with one attached hydrogen (secondary N) is 1. The molecule has 0 aliphatic heterocycles. The van der Waals surface area contributed by atoms with Crippen molar-refractivity contribution in [2.45, 2.75) is 13.3 Å². The lowest BCUT2D eigenvalue weighted by molar-refractivity contribution is -0.137. The number of carbonyl (C=O) groups excluding carboxylic acids is 1. The molecule has 0 saturated heterocycles. The van der Waals surface area contributed by atoms with Crippen LogP contribution in [0.15, 0.2) is 18.5 Å². The molecule has 1 aromatic heterocycles. The second-order valence-electron chi connectivity index (χ2n) is 2.96. The summed E-state index contributed by atoms with van der Waals surface area (Å²) >= 11 is 0. The maximum atomic E-state index is 11.5. The number of aliphatic carboxylic acids is 1. The van der Waals surface area contributed by atoms with Crippen molar-refractivity contribution in [1.29, 1.82) is 0 Å². The van der Waals surface area contributed by atoms with Crippen LogP contribution in [0, 0.1) is 5.92 Å². The van der Waals surface area contributed by atoms with E-state index >= 15 is 0 Å². The Morgan fingerprint density at radius 3 is 2.77 bits per heavy atom. The average Bonchev–Trinajstić information content (AvgIpc) is 2.53. The predicted octanol–water partition coefficient (Wildman–Crippen LogP) is 1.31. The standard InChI is InChI=1S/C9H11NO3/c1-6(4-8(11)12)9(13)7-2-3-10-5-7/h2-3,5-6,10H,4H2,1H3,(H,11,12). The van der Waals surface area contributed by atoms with E-state index in [1.54, 1.807) is 25.4 Å². The average molecular weight is 181 g/mol. The van der Waals surface area contributed by atoms with Crippen molar-refractivity contribution >= 4 is 11.8 Å². The van der Waals surface area contributed by atoms with Gasteiger partial charge in [-0.05, 0) is 6.07 Å². The third-order valence-electron chi connectivity index (χ3n) is 1.81. The summed E-state index contributed by atoms with van der Waals surface area (Å²) in [6, 6.07) is 1.64. The molecule has 0 spiro atoms. The molecule has 1 heterocycles. The van der Waals surface area contributed by atoms with Gasteiger partial charge in [0.2, 0.25) is 0 Å². The van der Waals surface area contributed by atoms with Gasteiger partial charge in [0, 0.05) is 23.9 Å². The molecular weight excluding hydrogens is 170 g/mol. The van der Waals surface area contributed by atoms with Gasteiger partial charge in [0.25, 0.3) is 0 Å². The van der Waals surface area contributed by atoms with Crippen LogP contribution in [0.3, 0.4) is 0 Å². The molecule has 0 bridgehead atoms. The minimum atomic E-state index is -0.948. The van der Waals surface area contributed by atoms with Gasteiger partial charge in [0.1, 0.15) is 0 Å². The lowest BCUT2D eigenvalue weighted by Gasteiger charge is -2.04. The van der Waals surface area contributed by atoms with Gasteiger partial charge < -0.3 is 10.1 Å². The molecule has 0 aliphatic carbocycles. The van der Waals surface area contributed by atoms with E-state index in [2.05, 4.69) is 4.98 Å². The molecular formula is C9H11NO3. The van der Waals surface area contributed by atoms with E-state index in [-0.39, 0.29) is 12.2 Å². The summed E-state index contributed by atoms with van der Waals surface area (Å²) in [4.78, 5) is 24.5. The first-order chi connectivity index (χ1) is 6.11. The fraction of sp³-hybridized carbons (Fsp3) is 0.333. The number of ketones is 1. The van der Waals surface area contributed by atoms with E-state index in [4.69, 9.17) is 5.11 Å².